The van der Waals surface area contributed by atoms with Crippen molar-refractivity contribution < 1.29 is 4.74 Å². The van der Waals surface area contributed by atoms with E-state index in [2.05, 4.69) is 22.1 Å². The molecule has 0 amide bonds. The number of nitrogens with zero attached hydrogens (tertiary/aromatic N) is 2. The number of ether oxygens (including phenoxy) is 1. The van der Waals surface area contributed by atoms with Gasteiger partial charge in [-0.25, -0.2) is 0 Å². The van der Waals surface area contributed by atoms with Gasteiger partial charge in [0.15, 0.2) is 0 Å². The molecular weight excluding hydrogens is 202 g/mol. The van der Waals surface area contributed by atoms with Crippen LogP contribution in [0.1, 0.15) is 6.92 Å². The number of piperazine rings is 1. The summed E-state index contributed by atoms with van der Waals surface area (Å²) in [6.45, 7) is 6.41. The molecule has 1 N–H and O–H groups in total. The summed E-state index contributed by atoms with van der Waals surface area (Å²) in [6, 6.07) is 5.72. The monoisotopic (exact) mass is 223 g/mol. The van der Waals surface area contributed by atoms with E-state index >= 15 is 0 Å². The number of methoxy groups -OCH3 is 1. The van der Waals surface area contributed by atoms with Crippen LogP contribution in [0.5, 0.6) is 0 Å². The molecule has 16 heavy (non-hydrogen) atoms. The topological polar surface area (TPSA) is 37.4 Å². The van der Waals surface area contributed by atoms with Crippen molar-refractivity contribution in [1.29, 1.82) is 0 Å². The first-order valence-corrected chi connectivity index (χ1v) is 5.71. The number of rotatable bonds is 2. The number of aromatic nitrogens is 1. The third-order valence-corrected chi connectivity index (χ3v) is 2.55. The Bertz CT molecular complexity index is 217. The highest BCUT2D eigenvalue weighted by atomic mass is 16.5. The highest BCUT2D eigenvalue weighted by Gasteiger charge is 2.18. The van der Waals surface area contributed by atoms with E-state index in [9.17, 15) is 0 Å². The van der Waals surface area contributed by atoms with Gasteiger partial charge in [0.1, 0.15) is 6.23 Å². The van der Waals surface area contributed by atoms with E-state index in [0.29, 0.717) is 6.23 Å². The van der Waals surface area contributed by atoms with Crippen LogP contribution in [0.2, 0.25) is 0 Å². The van der Waals surface area contributed by atoms with E-state index < -0.39 is 0 Å². The quantitative estimate of drug-likeness (QED) is 0.810. The van der Waals surface area contributed by atoms with Gasteiger partial charge in [0.2, 0.25) is 0 Å². The van der Waals surface area contributed by atoms with Gasteiger partial charge in [-0.05, 0) is 18.7 Å². The molecule has 0 aromatic carbocycles. The van der Waals surface area contributed by atoms with Gasteiger partial charge in [-0.2, -0.15) is 0 Å². The lowest BCUT2D eigenvalue weighted by molar-refractivity contribution is -0.0423. The van der Waals surface area contributed by atoms with Gasteiger partial charge in [-0.3, -0.25) is 9.88 Å². The summed E-state index contributed by atoms with van der Waals surface area (Å²) < 4.78 is 5.26. The smallest absolute Gasteiger partial charge is 0.122 e. The zero-order chi connectivity index (χ0) is 11.6. The first-order valence-electron chi connectivity index (χ1n) is 5.71. The van der Waals surface area contributed by atoms with E-state index in [0.717, 1.165) is 26.2 Å². The Labute approximate surface area is 97.6 Å². The second-order valence-corrected chi connectivity index (χ2v) is 3.55. The van der Waals surface area contributed by atoms with Gasteiger partial charge in [0, 0.05) is 39.1 Å². The van der Waals surface area contributed by atoms with Crippen LogP contribution in [0.25, 0.3) is 0 Å². The number of likely N-dealkylation sites (N-methyl/N-ethyl adjacent to an activating group) is 1. The zero-order valence-electron chi connectivity index (χ0n) is 10.1. The molecule has 1 fully saturated rings. The molecule has 0 saturated carbocycles. The fourth-order valence-corrected chi connectivity index (χ4v) is 1.63. The van der Waals surface area contributed by atoms with Crippen molar-refractivity contribution in [3.05, 3.63) is 30.6 Å². The molecule has 1 aromatic heterocycles. The summed E-state index contributed by atoms with van der Waals surface area (Å²) in [5.74, 6) is 0. The van der Waals surface area contributed by atoms with Crippen LogP contribution >= 0.6 is 0 Å². The van der Waals surface area contributed by atoms with E-state index in [1.165, 1.54) is 0 Å². The maximum Gasteiger partial charge on any atom is 0.122 e. The van der Waals surface area contributed by atoms with Gasteiger partial charge in [0.05, 0.1) is 0 Å². The summed E-state index contributed by atoms with van der Waals surface area (Å²) >= 11 is 0. The molecule has 4 nitrogen and oxygen atoms in total. The highest BCUT2D eigenvalue weighted by molar-refractivity contribution is 4.88. The van der Waals surface area contributed by atoms with Crippen molar-refractivity contribution in [2.45, 2.75) is 13.2 Å². The molecule has 0 aliphatic carbocycles. The molecule has 2 heterocycles. The number of hydrogen-bond donors (Lipinski definition) is 1. The Hall–Kier alpha value is -0.970. The Morgan fingerprint density at radius 1 is 1.38 bits per heavy atom. The average Bonchev–Trinajstić information content (AvgIpc) is 2.41. The second-order valence-electron chi connectivity index (χ2n) is 3.55. The van der Waals surface area contributed by atoms with Crippen molar-refractivity contribution in [2.24, 2.45) is 0 Å². The molecule has 1 aliphatic rings. The molecule has 1 aromatic rings. The predicted octanol–water partition coefficient (Wildman–Crippen LogP) is 0.966. The van der Waals surface area contributed by atoms with Gasteiger partial charge in [0.25, 0.3) is 0 Å². The summed E-state index contributed by atoms with van der Waals surface area (Å²) in [5.41, 5.74) is 0. The summed E-state index contributed by atoms with van der Waals surface area (Å²) in [4.78, 5) is 6.11. The third-order valence-electron chi connectivity index (χ3n) is 2.55. The summed E-state index contributed by atoms with van der Waals surface area (Å²) in [7, 11) is 1.76. The summed E-state index contributed by atoms with van der Waals surface area (Å²) in [5, 5.41) is 3.28. The van der Waals surface area contributed by atoms with Crippen molar-refractivity contribution in [1.82, 2.24) is 15.2 Å². The highest BCUT2D eigenvalue weighted by Crippen LogP contribution is 2.01. The van der Waals surface area contributed by atoms with Crippen LogP contribution in [-0.2, 0) is 4.74 Å². The SMILES string of the molecule is CCN1CCNCC1OC.c1ccncc1. The van der Waals surface area contributed by atoms with Crippen LogP contribution in [0.15, 0.2) is 30.6 Å². The molecule has 1 saturated heterocycles. The number of pyridine rings is 1. The molecule has 90 valence electrons. The maximum absolute atomic E-state index is 5.26. The number of hydrogen-bond acceptors (Lipinski definition) is 4. The van der Waals surface area contributed by atoms with Gasteiger partial charge in [-0.1, -0.05) is 13.0 Å². The molecule has 0 bridgehead atoms. The van der Waals surface area contributed by atoms with E-state index in [4.69, 9.17) is 4.74 Å². The minimum Gasteiger partial charge on any atom is -0.365 e. The van der Waals surface area contributed by atoms with Crippen molar-refractivity contribution in [3.63, 3.8) is 0 Å². The molecule has 1 atom stereocenters. The third kappa shape index (κ3) is 4.70. The van der Waals surface area contributed by atoms with Gasteiger partial charge >= 0.3 is 0 Å². The molecule has 0 radical (unpaired) electrons. The summed E-state index contributed by atoms with van der Waals surface area (Å²) in [6.07, 6.45) is 3.79. The van der Waals surface area contributed by atoms with E-state index in [1.54, 1.807) is 19.5 Å². The molecule has 4 heteroatoms. The first kappa shape index (κ1) is 13.1. The second kappa shape index (κ2) is 8.21. The lowest BCUT2D eigenvalue weighted by Gasteiger charge is -2.33. The minimum absolute atomic E-state index is 0.291. The van der Waals surface area contributed by atoms with Crippen LogP contribution in [-0.4, -0.2) is 49.4 Å². The molecule has 1 unspecified atom stereocenters. The lowest BCUT2D eigenvalue weighted by Crippen LogP contribution is -2.51. The minimum atomic E-state index is 0.291. The van der Waals surface area contributed by atoms with Gasteiger partial charge in [-0.15, -0.1) is 0 Å². The Morgan fingerprint density at radius 2 is 2.12 bits per heavy atom. The van der Waals surface area contributed by atoms with E-state index in [1.807, 2.05) is 18.2 Å². The van der Waals surface area contributed by atoms with Crippen LogP contribution < -0.4 is 5.32 Å². The normalized spacial score (nSPS) is 21.0. The molecule has 2 rings (SSSR count). The van der Waals surface area contributed by atoms with Crippen LogP contribution in [0, 0.1) is 0 Å². The number of nitrogens with one attached hydrogen (secondary N) is 1. The first-order chi connectivity index (χ1) is 7.88. The Morgan fingerprint density at radius 3 is 2.50 bits per heavy atom. The van der Waals surface area contributed by atoms with Crippen LogP contribution in [0.3, 0.4) is 0 Å². The average molecular weight is 223 g/mol. The fourth-order valence-electron chi connectivity index (χ4n) is 1.63. The van der Waals surface area contributed by atoms with Crippen molar-refractivity contribution >= 4 is 0 Å². The standard InChI is InChI=1S/C7H16N2O.C5H5N/c1-3-9-5-4-8-6-7(9)10-2;1-2-4-6-5-3-1/h7-8H,3-6H2,1-2H3;1-5H. The maximum atomic E-state index is 5.26. The van der Waals surface area contributed by atoms with Crippen LogP contribution in [0.4, 0.5) is 0 Å². The zero-order valence-corrected chi connectivity index (χ0v) is 10.1. The van der Waals surface area contributed by atoms with Crippen molar-refractivity contribution in [3.8, 4) is 0 Å². The van der Waals surface area contributed by atoms with Crippen molar-refractivity contribution in [2.75, 3.05) is 33.3 Å². The molecule has 0 spiro atoms. The predicted molar refractivity (Wildman–Crippen MR) is 65.2 cm³/mol. The lowest BCUT2D eigenvalue weighted by atomic mass is 10.3. The Balaban J connectivity index is 0.000000181. The molecule has 1 aliphatic heterocycles. The Kier molecular flexibility index (Phi) is 6.72. The fraction of sp³-hybridized carbons (Fsp3) is 0.583. The van der Waals surface area contributed by atoms with E-state index in [-0.39, 0.29) is 0 Å². The molecular formula is C12H21N3O. The van der Waals surface area contributed by atoms with Gasteiger partial charge < -0.3 is 10.1 Å². The largest absolute Gasteiger partial charge is 0.365 e.